The number of aromatic nitrogens is 1. The molecule has 0 radical (unpaired) electrons. The molecule has 0 bridgehead atoms. The summed E-state index contributed by atoms with van der Waals surface area (Å²) in [5.74, 6) is -4.89. The SMILES string of the molecule is N#Cc1cccc(C#N)c1-c1c(-c2cccc(-c3c(F)cc(OCC(=O)O)cc3F)c2)n(S(=O)(=O)c2ccc(C(F)F)cc2)c2ccc(F)cc12. The highest BCUT2D eigenvalue weighted by molar-refractivity contribution is 7.90. The largest absolute Gasteiger partial charge is 0.482 e. The van der Waals surface area contributed by atoms with Crippen LogP contribution in [0.5, 0.6) is 5.75 Å². The minimum Gasteiger partial charge on any atom is -0.482 e. The van der Waals surface area contributed by atoms with Crippen LogP contribution in [0.2, 0.25) is 0 Å². The Balaban J connectivity index is 1.72. The van der Waals surface area contributed by atoms with Crippen molar-refractivity contribution in [3.8, 4) is 51.4 Å². The van der Waals surface area contributed by atoms with Crippen molar-refractivity contribution in [2.24, 2.45) is 0 Å². The average Bonchev–Trinajstić information content (AvgIpc) is 3.44. The third kappa shape index (κ3) is 6.24. The second-order valence-electron chi connectivity index (χ2n) is 11.0. The van der Waals surface area contributed by atoms with E-state index in [9.17, 15) is 32.5 Å². The quantitative estimate of drug-likeness (QED) is 0.149. The Morgan fingerprint density at radius 2 is 1.39 bits per heavy atom. The molecule has 6 rings (SSSR count). The Kier molecular flexibility index (Phi) is 9.04. The molecule has 0 aliphatic carbocycles. The van der Waals surface area contributed by atoms with Crippen LogP contribution in [0.3, 0.4) is 0 Å². The summed E-state index contributed by atoms with van der Waals surface area (Å²) in [5, 5.41) is 29.0. The van der Waals surface area contributed by atoms with Gasteiger partial charge in [0.2, 0.25) is 0 Å². The Morgan fingerprint density at radius 3 is 1.98 bits per heavy atom. The maximum atomic E-state index is 15.5. The lowest BCUT2D eigenvalue weighted by molar-refractivity contribution is -0.139. The minimum absolute atomic E-state index is 0.0199. The third-order valence-electron chi connectivity index (χ3n) is 7.91. The number of benzene rings is 5. The third-order valence-corrected chi connectivity index (χ3v) is 9.64. The number of alkyl halides is 2. The Labute approximate surface area is 286 Å². The number of carboxylic acids is 1. The minimum atomic E-state index is -4.77. The lowest BCUT2D eigenvalue weighted by atomic mass is 9.90. The molecule has 0 unspecified atom stereocenters. The first-order valence-electron chi connectivity index (χ1n) is 14.7. The first-order valence-corrected chi connectivity index (χ1v) is 16.2. The van der Waals surface area contributed by atoms with E-state index in [1.165, 1.54) is 42.5 Å². The molecule has 0 saturated heterocycles. The van der Waals surface area contributed by atoms with Gasteiger partial charge < -0.3 is 9.84 Å². The van der Waals surface area contributed by atoms with Crippen molar-refractivity contribution in [3.63, 3.8) is 0 Å². The molecule has 8 nitrogen and oxygen atoms in total. The number of hydrogen-bond acceptors (Lipinski definition) is 6. The van der Waals surface area contributed by atoms with Crippen molar-refractivity contribution < 1.29 is 45.0 Å². The predicted octanol–water partition coefficient (Wildman–Crippen LogP) is 8.44. The number of halogens is 5. The van der Waals surface area contributed by atoms with Crippen LogP contribution in [0.25, 0.3) is 44.4 Å². The maximum Gasteiger partial charge on any atom is 0.341 e. The van der Waals surface area contributed by atoms with E-state index in [0.717, 1.165) is 58.6 Å². The number of nitriles is 2. The van der Waals surface area contributed by atoms with Gasteiger partial charge in [0.1, 0.15) is 23.2 Å². The number of rotatable bonds is 9. The van der Waals surface area contributed by atoms with Gasteiger partial charge in [-0.15, -0.1) is 0 Å². The Bertz CT molecular complexity index is 2520. The molecule has 51 heavy (non-hydrogen) atoms. The molecule has 1 N–H and O–H groups in total. The second-order valence-corrected chi connectivity index (χ2v) is 12.8. The highest BCUT2D eigenvalue weighted by Crippen LogP contribution is 2.46. The van der Waals surface area contributed by atoms with E-state index in [2.05, 4.69) is 0 Å². The molecule has 1 heterocycles. The number of carbonyl (C=O) groups is 1. The standard InChI is InChI=1S/C37H20F5N3O5S/c38-25-9-12-31-28(14-25)35(33-23(17-43)5-2-6-24(33)18-44)36(45(31)51(48,49)27-10-7-20(8-11-27)37(41)42)22-4-1-3-21(13-22)34-29(39)15-26(16-30(34)40)50-19-32(46)47/h1-16,37H,19H2,(H,46,47). The van der Waals surface area contributed by atoms with Gasteiger partial charge in [-0.25, -0.2) is 39.1 Å². The van der Waals surface area contributed by atoms with Crippen molar-refractivity contribution in [2.45, 2.75) is 11.3 Å². The van der Waals surface area contributed by atoms with Crippen molar-refractivity contribution in [3.05, 3.63) is 131 Å². The number of nitrogens with zero attached hydrogens (tertiary/aromatic N) is 3. The van der Waals surface area contributed by atoms with Gasteiger partial charge in [0.15, 0.2) is 6.61 Å². The normalized spacial score (nSPS) is 11.4. The molecule has 0 spiro atoms. The molecular formula is C37H20F5N3O5S. The lowest BCUT2D eigenvalue weighted by Gasteiger charge is -2.16. The van der Waals surface area contributed by atoms with E-state index < -0.39 is 68.2 Å². The summed E-state index contributed by atoms with van der Waals surface area (Å²) in [4.78, 5) is 10.4. The number of hydrogen-bond donors (Lipinski definition) is 1. The fourth-order valence-corrected chi connectivity index (χ4v) is 7.32. The molecule has 0 aliphatic rings. The zero-order chi connectivity index (χ0) is 36.6. The molecule has 0 amide bonds. The van der Waals surface area contributed by atoms with E-state index >= 15 is 13.2 Å². The highest BCUT2D eigenvalue weighted by atomic mass is 32.2. The first kappa shape index (κ1) is 34.4. The molecule has 254 valence electrons. The van der Waals surface area contributed by atoms with Gasteiger partial charge >= 0.3 is 5.97 Å². The summed E-state index contributed by atoms with van der Waals surface area (Å²) in [6.07, 6.45) is -2.90. The lowest BCUT2D eigenvalue weighted by Crippen LogP contribution is -2.14. The summed E-state index contributed by atoms with van der Waals surface area (Å²) in [6, 6.07) is 21.9. The van der Waals surface area contributed by atoms with E-state index in [1.807, 2.05) is 12.1 Å². The summed E-state index contributed by atoms with van der Waals surface area (Å²) >= 11 is 0. The fourth-order valence-electron chi connectivity index (χ4n) is 5.77. The van der Waals surface area contributed by atoms with E-state index in [4.69, 9.17) is 9.84 Å². The molecule has 14 heteroatoms. The van der Waals surface area contributed by atoms with E-state index in [1.54, 1.807) is 0 Å². The van der Waals surface area contributed by atoms with Gasteiger partial charge in [-0.1, -0.05) is 36.4 Å². The van der Waals surface area contributed by atoms with Gasteiger partial charge in [0.25, 0.3) is 16.4 Å². The summed E-state index contributed by atoms with van der Waals surface area (Å²) in [7, 11) is -4.77. The van der Waals surface area contributed by atoms with Gasteiger partial charge in [-0.05, 0) is 54.1 Å². The number of ether oxygens (including phenoxy) is 1. The van der Waals surface area contributed by atoms with E-state index in [-0.39, 0.29) is 50.0 Å². The van der Waals surface area contributed by atoms with Crippen LogP contribution in [0.1, 0.15) is 23.1 Å². The van der Waals surface area contributed by atoms with Crippen molar-refractivity contribution in [1.82, 2.24) is 3.97 Å². The van der Waals surface area contributed by atoms with Gasteiger partial charge in [-0.3, -0.25) is 0 Å². The highest BCUT2D eigenvalue weighted by Gasteiger charge is 2.31. The first-order chi connectivity index (χ1) is 24.3. The molecule has 5 aromatic carbocycles. The summed E-state index contributed by atoms with van der Waals surface area (Å²) in [6.45, 7) is -0.865. The maximum absolute atomic E-state index is 15.5. The molecule has 0 fully saturated rings. The van der Waals surface area contributed by atoms with Crippen molar-refractivity contribution >= 4 is 26.9 Å². The molecule has 6 aromatic rings. The molecule has 0 aliphatic heterocycles. The van der Waals surface area contributed by atoms with Crippen LogP contribution >= 0.6 is 0 Å². The van der Waals surface area contributed by atoms with Crippen LogP contribution in [0.4, 0.5) is 22.0 Å². The van der Waals surface area contributed by atoms with Crippen molar-refractivity contribution in [1.29, 1.82) is 10.5 Å². The van der Waals surface area contributed by atoms with Crippen LogP contribution in [-0.4, -0.2) is 30.1 Å². The van der Waals surface area contributed by atoms with Gasteiger partial charge in [0.05, 0.1) is 44.9 Å². The fraction of sp³-hybridized carbons (Fsp3) is 0.0541. The zero-order valence-electron chi connectivity index (χ0n) is 25.7. The molecular weight excluding hydrogens is 693 g/mol. The Morgan fingerprint density at radius 1 is 0.784 bits per heavy atom. The second kappa shape index (κ2) is 13.4. The molecule has 0 saturated carbocycles. The molecule has 1 aromatic heterocycles. The summed E-state index contributed by atoms with van der Waals surface area (Å²) in [5.41, 5.74) is -1.84. The monoisotopic (exact) mass is 713 g/mol. The van der Waals surface area contributed by atoms with Crippen LogP contribution in [0.15, 0.2) is 102 Å². The number of carboxylic acid groups (broad SMARTS) is 1. The van der Waals surface area contributed by atoms with Crippen LogP contribution in [-0.2, 0) is 14.8 Å². The van der Waals surface area contributed by atoms with E-state index in [0.29, 0.717) is 0 Å². The van der Waals surface area contributed by atoms with Crippen LogP contribution < -0.4 is 4.74 Å². The number of aliphatic carboxylic acids is 1. The average molecular weight is 714 g/mol. The predicted molar refractivity (Wildman–Crippen MR) is 175 cm³/mol. The van der Waals surface area contributed by atoms with Gasteiger partial charge in [-0.2, -0.15) is 10.5 Å². The summed E-state index contributed by atoms with van der Waals surface area (Å²) < 4.78 is 107. The van der Waals surface area contributed by atoms with Crippen LogP contribution in [0, 0.1) is 40.1 Å². The Hall–Kier alpha value is -6.51. The topological polar surface area (TPSA) is 133 Å². The smallest absolute Gasteiger partial charge is 0.341 e. The number of fused-ring (bicyclic) bond motifs is 1. The molecule has 0 atom stereocenters. The van der Waals surface area contributed by atoms with Gasteiger partial charge in [0, 0.05) is 39.8 Å². The van der Waals surface area contributed by atoms with Crippen molar-refractivity contribution in [2.75, 3.05) is 6.61 Å². The zero-order valence-corrected chi connectivity index (χ0v) is 26.6.